The number of carbonyl (C=O) groups is 2. The van der Waals surface area contributed by atoms with Crippen LogP contribution in [-0.4, -0.2) is 45.6 Å². The Morgan fingerprint density at radius 3 is 2.57 bits per heavy atom. The standard InChI is InChI=1S/C12H10F4N2O3/c13-11(10(20)21)3-5-18(6-11)9(19)8-7(12(14,15)16)2-1-4-17-8/h1-2,4H,3,5-6H2,(H,20,21). The molecule has 1 aromatic rings. The highest BCUT2D eigenvalue weighted by Gasteiger charge is 2.48. The largest absolute Gasteiger partial charge is 0.479 e. The fourth-order valence-electron chi connectivity index (χ4n) is 2.07. The van der Waals surface area contributed by atoms with E-state index in [-0.39, 0.29) is 6.54 Å². The molecule has 1 aromatic heterocycles. The van der Waals surface area contributed by atoms with Crippen LogP contribution in [0.3, 0.4) is 0 Å². The Kier molecular flexibility index (Phi) is 3.60. The first-order chi connectivity index (χ1) is 9.65. The van der Waals surface area contributed by atoms with Crippen LogP contribution in [0.25, 0.3) is 0 Å². The van der Waals surface area contributed by atoms with Gasteiger partial charge in [-0.2, -0.15) is 13.2 Å². The Morgan fingerprint density at radius 1 is 1.38 bits per heavy atom. The molecule has 1 fully saturated rings. The summed E-state index contributed by atoms with van der Waals surface area (Å²) in [5.41, 5.74) is -4.73. The number of likely N-dealkylation sites (tertiary alicyclic amines) is 1. The normalized spacial score (nSPS) is 22.4. The number of halogens is 4. The highest BCUT2D eigenvalue weighted by Crippen LogP contribution is 2.33. The first-order valence-corrected chi connectivity index (χ1v) is 5.89. The minimum absolute atomic E-state index is 0.282. The Balaban J connectivity index is 2.29. The maximum atomic E-state index is 13.9. The second kappa shape index (κ2) is 4.97. The molecular weight excluding hydrogens is 296 g/mol. The van der Waals surface area contributed by atoms with E-state index in [4.69, 9.17) is 5.11 Å². The fraction of sp³-hybridized carbons (Fsp3) is 0.417. The molecule has 114 valence electrons. The molecule has 0 radical (unpaired) electrons. The molecular formula is C12H10F4N2O3. The molecule has 0 spiro atoms. The summed E-state index contributed by atoms with van der Waals surface area (Å²) in [6.45, 7) is -1.08. The SMILES string of the molecule is O=C(c1ncccc1C(F)(F)F)N1CCC(F)(C(=O)O)C1. The van der Waals surface area contributed by atoms with Crippen molar-refractivity contribution in [3.63, 3.8) is 0 Å². The first-order valence-electron chi connectivity index (χ1n) is 5.89. The molecule has 0 aliphatic carbocycles. The van der Waals surface area contributed by atoms with Crippen LogP contribution < -0.4 is 0 Å². The second-order valence-electron chi connectivity index (χ2n) is 4.64. The van der Waals surface area contributed by atoms with Gasteiger partial charge in [0.1, 0.15) is 5.69 Å². The van der Waals surface area contributed by atoms with Crippen LogP contribution in [0, 0.1) is 0 Å². The number of rotatable bonds is 2. The smallest absolute Gasteiger partial charge is 0.418 e. The van der Waals surface area contributed by atoms with Crippen molar-refractivity contribution in [1.82, 2.24) is 9.88 Å². The van der Waals surface area contributed by atoms with E-state index in [1.165, 1.54) is 0 Å². The molecule has 1 unspecified atom stereocenters. The Labute approximate surface area is 116 Å². The van der Waals surface area contributed by atoms with E-state index in [0.717, 1.165) is 17.2 Å². The zero-order chi connectivity index (χ0) is 15.8. The summed E-state index contributed by atoms with van der Waals surface area (Å²) >= 11 is 0. The van der Waals surface area contributed by atoms with E-state index in [1.807, 2.05) is 0 Å². The second-order valence-corrected chi connectivity index (χ2v) is 4.64. The Bertz CT molecular complexity index is 590. The van der Waals surface area contributed by atoms with Crippen LogP contribution in [-0.2, 0) is 11.0 Å². The minimum atomic E-state index is -4.78. The zero-order valence-corrected chi connectivity index (χ0v) is 10.5. The van der Waals surface area contributed by atoms with Crippen molar-refractivity contribution >= 4 is 11.9 Å². The van der Waals surface area contributed by atoms with Crippen LogP contribution >= 0.6 is 0 Å². The lowest BCUT2D eigenvalue weighted by atomic mass is 10.1. The van der Waals surface area contributed by atoms with Crippen molar-refractivity contribution in [3.05, 3.63) is 29.6 Å². The number of amides is 1. The van der Waals surface area contributed by atoms with Gasteiger partial charge >= 0.3 is 12.1 Å². The van der Waals surface area contributed by atoms with Gasteiger partial charge in [-0.15, -0.1) is 0 Å². The molecule has 1 N–H and O–H groups in total. The average molecular weight is 306 g/mol. The lowest BCUT2D eigenvalue weighted by molar-refractivity contribution is -0.149. The summed E-state index contributed by atoms with van der Waals surface area (Å²) in [4.78, 5) is 26.9. The molecule has 1 saturated heterocycles. The van der Waals surface area contributed by atoms with E-state index < -0.39 is 47.9 Å². The number of carbonyl (C=O) groups excluding carboxylic acids is 1. The van der Waals surface area contributed by atoms with E-state index in [1.54, 1.807) is 0 Å². The van der Waals surface area contributed by atoms with Crippen LogP contribution in [0.2, 0.25) is 0 Å². The highest BCUT2D eigenvalue weighted by atomic mass is 19.4. The van der Waals surface area contributed by atoms with E-state index in [0.29, 0.717) is 6.07 Å². The van der Waals surface area contributed by atoms with Crippen LogP contribution in [0.4, 0.5) is 17.6 Å². The van der Waals surface area contributed by atoms with Gasteiger partial charge in [0.2, 0.25) is 5.67 Å². The summed E-state index contributed by atoms with van der Waals surface area (Å²) in [6.07, 6.45) is -4.24. The third-order valence-corrected chi connectivity index (χ3v) is 3.21. The molecule has 21 heavy (non-hydrogen) atoms. The lowest BCUT2D eigenvalue weighted by Gasteiger charge is -2.19. The Hall–Kier alpha value is -2.19. The van der Waals surface area contributed by atoms with E-state index in [9.17, 15) is 27.2 Å². The molecule has 5 nitrogen and oxygen atoms in total. The highest BCUT2D eigenvalue weighted by molar-refractivity contribution is 5.95. The van der Waals surface area contributed by atoms with Crippen molar-refractivity contribution in [2.45, 2.75) is 18.3 Å². The van der Waals surface area contributed by atoms with Crippen molar-refractivity contribution in [2.24, 2.45) is 0 Å². The van der Waals surface area contributed by atoms with Gasteiger partial charge in [-0.25, -0.2) is 9.18 Å². The number of hydrogen-bond donors (Lipinski definition) is 1. The number of alkyl halides is 4. The third-order valence-electron chi connectivity index (χ3n) is 3.21. The van der Waals surface area contributed by atoms with Crippen molar-refractivity contribution in [1.29, 1.82) is 0 Å². The van der Waals surface area contributed by atoms with Gasteiger partial charge in [0.25, 0.3) is 5.91 Å². The number of carboxylic acid groups (broad SMARTS) is 1. The monoisotopic (exact) mass is 306 g/mol. The topological polar surface area (TPSA) is 70.5 Å². The number of nitrogens with zero attached hydrogens (tertiary/aromatic N) is 2. The molecule has 2 heterocycles. The predicted octanol–water partition coefficient (Wildman–Crippen LogP) is 1.74. The molecule has 0 bridgehead atoms. The maximum Gasteiger partial charge on any atom is 0.418 e. The molecule has 0 aromatic carbocycles. The maximum absolute atomic E-state index is 13.9. The summed E-state index contributed by atoms with van der Waals surface area (Å²) in [7, 11) is 0. The summed E-state index contributed by atoms with van der Waals surface area (Å²) in [5.74, 6) is -2.88. The van der Waals surface area contributed by atoms with Crippen LogP contribution in [0.1, 0.15) is 22.5 Å². The predicted molar refractivity (Wildman–Crippen MR) is 61.2 cm³/mol. The van der Waals surface area contributed by atoms with E-state index in [2.05, 4.69) is 4.98 Å². The van der Waals surface area contributed by atoms with Gasteiger partial charge in [-0.1, -0.05) is 0 Å². The number of carboxylic acids is 1. The number of pyridine rings is 1. The van der Waals surface area contributed by atoms with E-state index >= 15 is 0 Å². The number of aliphatic carboxylic acids is 1. The molecule has 2 rings (SSSR count). The summed E-state index contributed by atoms with van der Waals surface area (Å²) in [6, 6.07) is 1.72. The molecule has 9 heteroatoms. The minimum Gasteiger partial charge on any atom is -0.479 e. The molecule has 1 aliphatic rings. The summed E-state index contributed by atoms with van der Waals surface area (Å²) < 4.78 is 52.3. The molecule has 1 aliphatic heterocycles. The lowest BCUT2D eigenvalue weighted by Crippen LogP contribution is -2.39. The third kappa shape index (κ3) is 2.81. The van der Waals surface area contributed by atoms with Gasteiger partial charge in [0.05, 0.1) is 12.1 Å². The van der Waals surface area contributed by atoms with Gasteiger partial charge in [-0.05, 0) is 12.1 Å². The molecule has 0 saturated carbocycles. The van der Waals surface area contributed by atoms with Gasteiger partial charge in [-0.3, -0.25) is 9.78 Å². The zero-order valence-electron chi connectivity index (χ0n) is 10.5. The molecule has 1 amide bonds. The van der Waals surface area contributed by atoms with Crippen molar-refractivity contribution < 1.29 is 32.3 Å². The average Bonchev–Trinajstić information content (AvgIpc) is 2.81. The Morgan fingerprint density at radius 2 is 2.05 bits per heavy atom. The number of aromatic nitrogens is 1. The van der Waals surface area contributed by atoms with Crippen LogP contribution in [0.5, 0.6) is 0 Å². The van der Waals surface area contributed by atoms with Crippen molar-refractivity contribution in [2.75, 3.05) is 13.1 Å². The summed E-state index contributed by atoms with van der Waals surface area (Å²) in [5, 5.41) is 8.72. The quantitative estimate of drug-likeness (QED) is 0.845. The van der Waals surface area contributed by atoms with Gasteiger partial charge < -0.3 is 10.0 Å². The van der Waals surface area contributed by atoms with Crippen molar-refractivity contribution in [3.8, 4) is 0 Å². The number of hydrogen-bond acceptors (Lipinski definition) is 3. The molecule has 1 atom stereocenters. The van der Waals surface area contributed by atoms with Gasteiger partial charge in [0.15, 0.2) is 0 Å². The first kappa shape index (κ1) is 15.2. The van der Waals surface area contributed by atoms with Gasteiger partial charge in [0, 0.05) is 19.2 Å². The fourth-order valence-corrected chi connectivity index (χ4v) is 2.07. The van der Waals surface area contributed by atoms with Crippen LogP contribution in [0.15, 0.2) is 18.3 Å².